The van der Waals surface area contributed by atoms with Crippen LogP contribution in [-0.2, 0) is 16.2 Å². The van der Waals surface area contributed by atoms with Crippen LogP contribution in [0.3, 0.4) is 0 Å². The topological polar surface area (TPSA) is 109 Å². The molecule has 0 spiro atoms. The molecule has 12 heteroatoms. The molecule has 1 aromatic carbocycles. The molecule has 9 nitrogen and oxygen atoms in total. The number of methoxy groups -OCH3 is 2. The number of esters is 2. The van der Waals surface area contributed by atoms with Crippen molar-refractivity contribution < 1.29 is 28.6 Å². The van der Waals surface area contributed by atoms with Crippen molar-refractivity contribution in [3.05, 3.63) is 61.7 Å². The van der Waals surface area contributed by atoms with Gasteiger partial charge < -0.3 is 19.5 Å². The molecule has 0 aliphatic carbocycles. The Hall–Kier alpha value is -2.89. The Labute approximate surface area is 200 Å². The number of thiophene rings is 1. The van der Waals surface area contributed by atoms with Crippen LogP contribution in [0.5, 0.6) is 5.75 Å². The van der Waals surface area contributed by atoms with E-state index in [1.165, 1.54) is 25.0 Å². The molecule has 1 N–H and O–H groups in total. The molecule has 0 saturated heterocycles. The van der Waals surface area contributed by atoms with Crippen molar-refractivity contribution in [3.63, 3.8) is 0 Å². The highest BCUT2D eigenvalue weighted by Gasteiger charge is 2.27. The minimum atomic E-state index is -0.684. The van der Waals surface area contributed by atoms with Gasteiger partial charge in [0.1, 0.15) is 15.6 Å². The summed E-state index contributed by atoms with van der Waals surface area (Å²) >= 11 is 10.2. The number of nitrogens with one attached hydrogen (secondary N) is 1. The van der Waals surface area contributed by atoms with Gasteiger partial charge in [-0.3, -0.25) is 4.79 Å². The summed E-state index contributed by atoms with van der Waals surface area (Å²) in [6, 6.07) is 6.59. The monoisotopic (exact) mass is 541 g/mol. The molecule has 0 bridgehead atoms. The summed E-state index contributed by atoms with van der Waals surface area (Å²) in [6.07, 6.45) is 1.57. The van der Waals surface area contributed by atoms with Gasteiger partial charge in [0.2, 0.25) is 0 Å². The number of ether oxygens (including phenoxy) is 3. The van der Waals surface area contributed by atoms with Crippen molar-refractivity contribution in [1.29, 1.82) is 0 Å². The second-order valence-corrected chi connectivity index (χ2v) is 8.60. The van der Waals surface area contributed by atoms with Crippen molar-refractivity contribution in [3.8, 4) is 5.75 Å². The van der Waals surface area contributed by atoms with Crippen LogP contribution >= 0.6 is 38.9 Å². The molecule has 0 aliphatic heterocycles. The van der Waals surface area contributed by atoms with Gasteiger partial charge in [0, 0.05) is 11.2 Å². The maximum atomic E-state index is 12.7. The predicted octanol–water partition coefficient (Wildman–Crippen LogP) is 4.53. The lowest BCUT2D eigenvalue weighted by Crippen LogP contribution is -2.16. The zero-order valence-corrected chi connectivity index (χ0v) is 20.3. The first-order valence-electron chi connectivity index (χ1n) is 8.97. The molecule has 32 heavy (non-hydrogen) atoms. The third-order valence-electron chi connectivity index (χ3n) is 4.25. The first-order chi connectivity index (χ1) is 15.2. The first kappa shape index (κ1) is 23.8. The number of aromatic nitrogens is 2. The van der Waals surface area contributed by atoms with Crippen LogP contribution < -0.4 is 10.1 Å². The van der Waals surface area contributed by atoms with Gasteiger partial charge in [-0.15, -0.1) is 11.3 Å². The van der Waals surface area contributed by atoms with E-state index in [0.717, 1.165) is 11.3 Å². The quantitative estimate of drug-likeness (QED) is 0.437. The van der Waals surface area contributed by atoms with Crippen molar-refractivity contribution in [2.75, 3.05) is 19.5 Å². The van der Waals surface area contributed by atoms with E-state index in [2.05, 4.69) is 26.3 Å². The van der Waals surface area contributed by atoms with Gasteiger partial charge in [-0.25, -0.2) is 14.3 Å². The molecule has 0 unspecified atom stereocenters. The number of amides is 1. The maximum Gasteiger partial charge on any atom is 0.348 e. The van der Waals surface area contributed by atoms with E-state index in [-0.39, 0.29) is 27.9 Å². The first-order valence-corrected chi connectivity index (χ1v) is 11.0. The van der Waals surface area contributed by atoms with E-state index >= 15 is 0 Å². The fraction of sp³-hybridized carbons (Fsp3) is 0.200. The lowest BCUT2D eigenvalue weighted by molar-refractivity contribution is 0.0601. The molecule has 0 fully saturated rings. The Morgan fingerprint density at radius 2 is 1.91 bits per heavy atom. The summed E-state index contributed by atoms with van der Waals surface area (Å²) in [7, 11) is 2.44. The molecule has 0 atom stereocenters. The molecule has 0 radical (unpaired) electrons. The summed E-state index contributed by atoms with van der Waals surface area (Å²) < 4.78 is 17.3. The van der Waals surface area contributed by atoms with Crippen LogP contribution in [0.25, 0.3) is 0 Å². The number of benzene rings is 1. The summed E-state index contributed by atoms with van der Waals surface area (Å²) in [4.78, 5) is 37.1. The van der Waals surface area contributed by atoms with E-state index in [9.17, 15) is 14.4 Å². The van der Waals surface area contributed by atoms with E-state index in [1.54, 1.807) is 31.3 Å². The highest BCUT2D eigenvalue weighted by molar-refractivity contribution is 9.10. The molecule has 1 amide bonds. The molecule has 0 aliphatic rings. The van der Waals surface area contributed by atoms with E-state index in [4.69, 9.17) is 25.8 Å². The summed E-state index contributed by atoms with van der Waals surface area (Å²) in [6.45, 7) is 1.62. The van der Waals surface area contributed by atoms with Crippen LogP contribution in [0.1, 0.15) is 36.1 Å². The largest absolute Gasteiger partial charge is 0.470 e. The van der Waals surface area contributed by atoms with Gasteiger partial charge in [0.25, 0.3) is 5.91 Å². The second-order valence-electron chi connectivity index (χ2n) is 6.29. The van der Waals surface area contributed by atoms with Gasteiger partial charge in [0.15, 0.2) is 12.4 Å². The zero-order valence-electron chi connectivity index (χ0n) is 17.1. The van der Waals surface area contributed by atoms with Crippen LogP contribution in [0.15, 0.2) is 34.9 Å². The van der Waals surface area contributed by atoms with Gasteiger partial charge in [-0.05, 0) is 52.7 Å². The molecule has 0 saturated carbocycles. The fourth-order valence-electron chi connectivity index (χ4n) is 2.69. The lowest BCUT2D eigenvalue weighted by atomic mass is 10.1. The number of hydrogen-bond acceptors (Lipinski definition) is 8. The summed E-state index contributed by atoms with van der Waals surface area (Å²) in [5, 5.41) is 7.52. The van der Waals surface area contributed by atoms with E-state index in [1.807, 2.05) is 0 Å². The smallest absolute Gasteiger partial charge is 0.348 e. The Kier molecular flexibility index (Phi) is 7.54. The Morgan fingerprint density at radius 3 is 2.56 bits per heavy atom. The molecular formula is C20H17BrClN3O6S. The highest BCUT2D eigenvalue weighted by atomic mass is 79.9. The minimum Gasteiger partial charge on any atom is -0.470 e. The number of halogens is 2. The molecule has 2 aromatic heterocycles. The van der Waals surface area contributed by atoms with Gasteiger partial charge in [-0.2, -0.15) is 5.10 Å². The molecule has 3 aromatic rings. The van der Waals surface area contributed by atoms with Crippen molar-refractivity contribution >= 4 is 61.7 Å². The lowest BCUT2D eigenvalue weighted by Gasteiger charge is -2.08. The molecule has 168 valence electrons. The maximum absolute atomic E-state index is 12.7. The van der Waals surface area contributed by atoms with Crippen LogP contribution in [0, 0.1) is 6.92 Å². The predicted molar refractivity (Wildman–Crippen MR) is 122 cm³/mol. The molecular weight excluding hydrogens is 526 g/mol. The van der Waals surface area contributed by atoms with Crippen LogP contribution in [0.2, 0.25) is 5.02 Å². The number of rotatable bonds is 7. The fourth-order valence-corrected chi connectivity index (χ4v) is 4.59. The van der Waals surface area contributed by atoms with Crippen molar-refractivity contribution in [2.24, 2.45) is 0 Å². The number of hydrogen-bond donors (Lipinski definition) is 1. The van der Waals surface area contributed by atoms with Crippen molar-refractivity contribution in [2.45, 2.75) is 13.7 Å². The summed E-state index contributed by atoms with van der Waals surface area (Å²) in [5.41, 5.74) is 0.531. The number of nitrogens with zero attached hydrogens (tertiary/aromatic N) is 2. The second kappa shape index (κ2) is 10.2. The Bertz CT molecular complexity index is 1190. The van der Waals surface area contributed by atoms with E-state index in [0.29, 0.717) is 20.8 Å². The average Bonchev–Trinajstić information content (AvgIpc) is 3.37. The third-order valence-corrected chi connectivity index (χ3v) is 6.30. The van der Waals surface area contributed by atoms with Crippen LogP contribution in [-0.4, -0.2) is 41.8 Å². The van der Waals surface area contributed by atoms with Gasteiger partial charge in [0.05, 0.1) is 24.3 Å². The SMILES string of the molecule is COC(=O)c1sc(NC(=O)c2ccn(COc3ccc(Cl)cc3Br)n2)c(C(=O)OC)c1C. The Balaban J connectivity index is 1.76. The highest BCUT2D eigenvalue weighted by Crippen LogP contribution is 2.34. The Morgan fingerprint density at radius 1 is 1.19 bits per heavy atom. The number of anilines is 1. The number of carbonyl (C=O) groups excluding carboxylic acids is 3. The summed E-state index contributed by atoms with van der Waals surface area (Å²) in [5.74, 6) is -1.31. The average molecular weight is 543 g/mol. The number of carbonyl (C=O) groups is 3. The standard InChI is InChI=1S/C20H17BrClN3O6S/c1-10-15(19(27)29-2)18(32-16(10)20(28)30-3)23-17(26)13-6-7-25(24-13)9-31-14-5-4-11(22)8-12(14)21/h4-8H,9H2,1-3H3,(H,23,26). The van der Waals surface area contributed by atoms with Gasteiger partial charge >= 0.3 is 11.9 Å². The van der Waals surface area contributed by atoms with E-state index < -0.39 is 17.8 Å². The van der Waals surface area contributed by atoms with Crippen molar-refractivity contribution in [1.82, 2.24) is 9.78 Å². The zero-order chi connectivity index (χ0) is 23.4. The molecule has 2 heterocycles. The van der Waals surface area contributed by atoms with Gasteiger partial charge in [-0.1, -0.05) is 11.6 Å². The minimum absolute atomic E-state index is 0.0471. The normalized spacial score (nSPS) is 10.5. The van der Waals surface area contributed by atoms with Crippen LogP contribution in [0.4, 0.5) is 5.00 Å². The molecule has 3 rings (SSSR count). The third kappa shape index (κ3) is 5.12.